The van der Waals surface area contributed by atoms with Crippen LogP contribution in [0.3, 0.4) is 0 Å². The molecule has 0 fully saturated rings. The first-order valence-corrected chi connectivity index (χ1v) is 6.51. The van der Waals surface area contributed by atoms with Crippen LogP contribution >= 0.6 is 11.6 Å². The summed E-state index contributed by atoms with van der Waals surface area (Å²) in [5.41, 5.74) is 2.01. The number of pyridine rings is 1. The molecular formula is C15H15ClN2O. The van der Waals surface area contributed by atoms with Crippen molar-refractivity contribution in [2.24, 2.45) is 0 Å². The largest absolute Gasteiger partial charge is 0.370 e. The minimum absolute atomic E-state index is 0.0778. The van der Waals surface area contributed by atoms with E-state index >= 15 is 0 Å². The zero-order valence-electron chi connectivity index (χ0n) is 10.9. The number of nitrogens with zero attached hydrogens (tertiary/aromatic N) is 1. The number of aryl methyl sites for hydroxylation is 1. The molecule has 0 radical (unpaired) electrons. The van der Waals surface area contributed by atoms with Crippen LogP contribution in [0.25, 0.3) is 0 Å². The molecule has 0 aliphatic carbocycles. The Morgan fingerprint density at radius 3 is 2.79 bits per heavy atom. The molecule has 0 spiro atoms. The van der Waals surface area contributed by atoms with Gasteiger partial charge in [-0.25, -0.2) is 4.98 Å². The van der Waals surface area contributed by atoms with Crippen LogP contribution < -0.4 is 5.32 Å². The fourth-order valence-electron chi connectivity index (χ4n) is 1.83. The van der Waals surface area contributed by atoms with Gasteiger partial charge in [0.2, 0.25) is 0 Å². The molecule has 0 bridgehead atoms. The van der Waals surface area contributed by atoms with E-state index in [1.807, 2.05) is 19.9 Å². The van der Waals surface area contributed by atoms with Crippen molar-refractivity contribution >= 4 is 23.2 Å². The summed E-state index contributed by atoms with van der Waals surface area (Å²) in [7, 11) is 0. The average molecular weight is 275 g/mol. The lowest BCUT2D eigenvalue weighted by Crippen LogP contribution is -2.10. The number of benzene rings is 1. The van der Waals surface area contributed by atoms with Crippen LogP contribution in [0.4, 0.5) is 5.82 Å². The molecule has 1 aromatic heterocycles. The molecule has 19 heavy (non-hydrogen) atoms. The van der Waals surface area contributed by atoms with Crippen molar-refractivity contribution < 1.29 is 4.79 Å². The van der Waals surface area contributed by atoms with Gasteiger partial charge in [-0.3, -0.25) is 4.79 Å². The van der Waals surface area contributed by atoms with E-state index in [0.717, 1.165) is 5.69 Å². The van der Waals surface area contributed by atoms with Gasteiger partial charge >= 0.3 is 0 Å². The van der Waals surface area contributed by atoms with Gasteiger partial charge in [-0.1, -0.05) is 23.7 Å². The standard InChI is InChI=1S/C15H15ClN2O/c1-3-17-15-13(8-7-10(2)18-15)14(19)11-5-4-6-12(16)9-11/h4-9H,3H2,1-2H3,(H,17,18). The molecule has 0 aliphatic rings. The Balaban J connectivity index is 2.43. The van der Waals surface area contributed by atoms with Crippen LogP contribution in [0, 0.1) is 6.92 Å². The summed E-state index contributed by atoms with van der Waals surface area (Å²) in [5.74, 6) is 0.540. The minimum atomic E-state index is -0.0778. The monoisotopic (exact) mass is 274 g/mol. The molecule has 0 saturated heterocycles. The highest BCUT2D eigenvalue weighted by molar-refractivity contribution is 6.31. The molecule has 2 aromatic rings. The number of hydrogen-bond acceptors (Lipinski definition) is 3. The molecule has 0 amide bonds. The van der Waals surface area contributed by atoms with Gasteiger partial charge in [-0.2, -0.15) is 0 Å². The number of nitrogens with one attached hydrogen (secondary N) is 1. The minimum Gasteiger partial charge on any atom is -0.370 e. The Morgan fingerprint density at radius 1 is 1.32 bits per heavy atom. The molecule has 2 rings (SSSR count). The highest BCUT2D eigenvalue weighted by Gasteiger charge is 2.14. The van der Waals surface area contributed by atoms with Gasteiger partial charge in [-0.15, -0.1) is 0 Å². The molecule has 1 heterocycles. The van der Waals surface area contributed by atoms with Crippen LogP contribution in [-0.4, -0.2) is 17.3 Å². The Kier molecular flexibility index (Phi) is 4.17. The van der Waals surface area contributed by atoms with E-state index in [1.165, 1.54) is 0 Å². The molecule has 0 unspecified atom stereocenters. The van der Waals surface area contributed by atoms with Crippen molar-refractivity contribution in [1.29, 1.82) is 0 Å². The van der Waals surface area contributed by atoms with Gasteiger partial charge in [0.1, 0.15) is 5.82 Å². The molecule has 1 aromatic carbocycles. The van der Waals surface area contributed by atoms with Crippen LogP contribution in [0.1, 0.15) is 28.5 Å². The summed E-state index contributed by atoms with van der Waals surface area (Å²) in [6.07, 6.45) is 0. The first kappa shape index (κ1) is 13.6. The third-order valence-electron chi connectivity index (χ3n) is 2.71. The highest BCUT2D eigenvalue weighted by atomic mass is 35.5. The SMILES string of the molecule is CCNc1nc(C)ccc1C(=O)c1cccc(Cl)c1. The molecule has 0 saturated carbocycles. The molecule has 1 N–H and O–H groups in total. The van der Waals surface area contributed by atoms with E-state index in [1.54, 1.807) is 30.3 Å². The molecule has 0 atom stereocenters. The topological polar surface area (TPSA) is 42.0 Å². The van der Waals surface area contributed by atoms with E-state index in [0.29, 0.717) is 28.5 Å². The van der Waals surface area contributed by atoms with Crippen molar-refractivity contribution in [2.45, 2.75) is 13.8 Å². The Hall–Kier alpha value is -1.87. The number of halogens is 1. The summed E-state index contributed by atoms with van der Waals surface area (Å²) in [6.45, 7) is 4.58. The summed E-state index contributed by atoms with van der Waals surface area (Å²) >= 11 is 5.92. The molecular weight excluding hydrogens is 260 g/mol. The number of rotatable bonds is 4. The van der Waals surface area contributed by atoms with Gasteiger partial charge in [0.25, 0.3) is 0 Å². The predicted molar refractivity (Wildman–Crippen MR) is 78.0 cm³/mol. The second kappa shape index (κ2) is 5.85. The normalized spacial score (nSPS) is 10.3. The van der Waals surface area contributed by atoms with Crippen LogP contribution in [-0.2, 0) is 0 Å². The fourth-order valence-corrected chi connectivity index (χ4v) is 2.02. The van der Waals surface area contributed by atoms with Gasteiger partial charge in [-0.05, 0) is 38.1 Å². The zero-order valence-corrected chi connectivity index (χ0v) is 11.7. The van der Waals surface area contributed by atoms with E-state index < -0.39 is 0 Å². The Labute approximate surface area is 117 Å². The number of anilines is 1. The Morgan fingerprint density at radius 2 is 2.11 bits per heavy atom. The quantitative estimate of drug-likeness (QED) is 0.864. The van der Waals surface area contributed by atoms with Gasteiger partial charge in [0.05, 0.1) is 5.56 Å². The van der Waals surface area contributed by atoms with Crippen molar-refractivity contribution in [3.05, 3.63) is 58.2 Å². The second-order valence-electron chi connectivity index (χ2n) is 4.22. The maximum atomic E-state index is 12.5. The lowest BCUT2D eigenvalue weighted by Gasteiger charge is -2.10. The number of carbonyl (C=O) groups is 1. The van der Waals surface area contributed by atoms with E-state index in [2.05, 4.69) is 10.3 Å². The van der Waals surface area contributed by atoms with E-state index in [4.69, 9.17) is 11.6 Å². The van der Waals surface area contributed by atoms with Gasteiger partial charge < -0.3 is 5.32 Å². The zero-order chi connectivity index (χ0) is 13.8. The van der Waals surface area contributed by atoms with Crippen molar-refractivity contribution in [3.63, 3.8) is 0 Å². The summed E-state index contributed by atoms with van der Waals surface area (Å²) in [4.78, 5) is 16.8. The third kappa shape index (κ3) is 3.12. The maximum Gasteiger partial charge on any atom is 0.196 e. The fraction of sp³-hybridized carbons (Fsp3) is 0.200. The summed E-state index contributed by atoms with van der Waals surface area (Å²) in [6, 6.07) is 10.6. The number of hydrogen-bond donors (Lipinski definition) is 1. The van der Waals surface area contributed by atoms with Gasteiger partial charge in [0, 0.05) is 22.8 Å². The summed E-state index contributed by atoms with van der Waals surface area (Å²) < 4.78 is 0. The first-order chi connectivity index (χ1) is 9.11. The molecule has 4 heteroatoms. The van der Waals surface area contributed by atoms with Crippen LogP contribution in [0.2, 0.25) is 5.02 Å². The lowest BCUT2D eigenvalue weighted by atomic mass is 10.0. The second-order valence-corrected chi connectivity index (χ2v) is 4.66. The molecule has 3 nitrogen and oxygen atoms in total. The van der Waals surface area contributed by atoms with Crippen LogP contribution in [0.5, 0.6) is 0 Å². The maximum absolute atomic E-state index is 12.5. The van der Waals surface area contributed by atoms with Crippen molar-refractivity contribution in [1.82, 2.24) is 4.98 Å². The predicted octanol–water partition coefficient (Wildman–Crippen LogP) is 3.71. The summed E-state index contributed by atoms with van der Waals surface area (Å²) in [5, 5.41) is 3.67. The Bertz CT molecular complexity index is 611. The first-order valence-electron chi connectivity index (χ1n) is 6.13. The number of ketones is 1. The van der Waals surface area contributed by atoms with Gasteiger partial charge in [0.15, 0.2) is 5.78 Å². The van der Waals surface area contributed by atoms with E-state index in [-0.39, 0.29) is 5.78 Å². The molecule has 0 aliphatic heterocycles. The highest BCUT2D eigenvalue weighted by Crippen LogP contribution is 2.20. The van der Waals surface area contributed by atoms with Crippen molar-refractivity contribution in [2.75, 3.05) is 11.9 Å². The van der Waals surface area contributed by atoms with E-state index in [9.17, 15) is 4.79 Å². The lowest BCUT2D eigenvalue weighted by molar-refractivity contribution is 0.103. The number of carbonyl (C=O) groups excluding carboxylic acids is 1. The third-order valence-corrected chi connectivity index (χ3v) is 2.95. The molecule has 98 valence electrons. The number of aromatic nitrogens is 1. The van der Waals surface area contributed by atoms with Crippen molar-refractivity contribution in [3.8, 4) is 0 Å². The van der Waals surface area contributed by atoms with Crippen LogP contribution in [0.15, 0.2) is 36.4 Å². The smallest absolute Gasteiger partial charge is 0.196 e. The average Bonchev–Trinajstić information content (AvgIpc) is 2.39.